The zero-order chi connectivity index (χ0) is 52.4. The molecule has 0 aliphatic rings. The second-order valence-corrected chi connectivity index (χ2v) is 18.2. The largest absolute Gasteiger partial charge is 0.120 e. The van der Waals surface area contributed by atoms with Gasteiger partial charge in [0, 0.05) is 45.8 Å². The number of fused-ring (bicyclic) bond motifs is 4. The Morgan fingerprint density at radius 2 is 0.645 bits per heavy atom. The first-order chi connectivity index (χ1) is 37.6. The van der Waals surface area contributed by atoms with Gasteiger partial charge in [-0.15, -0.1) is 4.91 Å². The smallest absolute Gasteiger partial charge is 0.120 e. The summed E-state index contributed by atoms with van der Waals surface area (Å²) >= 11 is 1.82. The molecule has 0 saturated carbocycles. The zero-order valence-electron chi connectivity index (χ0n) is 40.9. The molecule has 12 aromatic rings. The maximum atomic E-state index is 12.8. The molecule has 0 bridgehead atoms. The molecule has 8 heteroatoms. The van der Waals surface area contributed by atoms with Gasteiger partial charge in [-0.25, -0.2) is 0 Å². The van der Waals surface area contributed by atoms with Crippen molar-refractivity contribution < 1.29 is 27.5 Å². The van der Waals surface area contributed by atoms with E-state index in [1.165, 1.54) is 0 Å². The van der Waals surface area contributed by atoms with Gasteiger partial charge in [-0.1, -0.05) is 243 Å². The fraction of sp³-hybridized carbons (Fsp3) is 0.0294. The summed E-state index contributed by atoms with van der Waals surface area (Å²) in [4.78, 5) is 18.2. The number of phenolic OH excluding ortho intramolecular Hbond substituents is 2. The molecule has 76 heavy (non-hydrogen) atoms. The molecule has 0 unspecified atom stereocenters. The van der Waals surface area contributed by atoms with Gasteiger partial charge in [-0.3, -0.25) is 9.98 Å². The van der Waals surface area contributed by atoms with Crippen molar-refractivity contribution in [1.29, 1.82) is 0 Å². The van der Waals surface area contributed by atoms with E-state index >= 15 is 0 Å². The Balaban J connectivity index is 0.00000161. The molecule has 1 radical (unpaired) electrons. The van der Waals surface area contributed by atoms with E-state index in [9.17, 15) is 10.2 Å². The predicted molar refractivity (Wildman–Crippen MR) is 313 cm³/mol. The van der Waals surface area contributed by atoms with Gasteiger partial charge in [0.2, 0.25) is 0 Å². The number of benzene rings is 12. The topological polar surface area (TPSA) is 105 Å². The maximum Gasteiger partial charge on any atom is 0.120 e. The molecule has 2 atom stereocenters. The fourth-order valence-corrected chi connectivity index (χ4v) is 10.5. The Morgan fingerprint density at radius 1 is 0.355 bits per heavy atom. The summed E-state index contributed by atoms with van der Waals surface area (Å²) in [5.74, 6) is 0.295. The van der Waals surface area contributed by atoms with Gasteiger partial charge in [0.05, 0.1) is 0 Å². The van der Waals surface area contributed by atoms with E-state index in [2.05, 4.69) is 180 Å². The quantitative estimate of drug-likeness (QED) is 0.0996. The van der Waals surface area contributed by atoms with Crippen LogP contribution in [0.5, 0.6) is 11.5 Å². The van der Waals surface area contributed by atoms with Crippen LogP contribution >= 0.6 is 9.69 Å². The van der Waals surface area contributed by atoms with Crippen molar-refractivity contribution in [2.24, 2.45) is 9.98 Å². The Hall–Kier alpha value is -8.87. The van der Waals surface area contributed by atoms with Crippen LogP contribution in [-0.4, -0.2) is 22.6 Å². The number of phenols is 2. The maximum absolute atomic E-state index is 12.8. The molecule has 0 saturated heterocycles. The van der Waals surface area contributed by atoms with Gasteiger partial charge in [-0.05, 0) is 88.6 Å². The van der Waals surface area contributed by atoms with E-state index in [4.69, 9.17) is 20.5 Å². The molecule has 2 N–H and O–H groups in total. The zero-order valence-corrected chi connectivity index (χ0v) is 43.4. The summed E-state index contributed by atoms with van der Waals surface area (Å²) in [5, 5.41) is 33.7. The molecule has 0 amide bonds. The van der Waals surface area contributed by atoms with Crippen molar-refractivity contribution in [3.05, 3.63) is 282 Å². The van der Waals surface area contributed by atoms with Crippen LogP contribution in [0.2, 0.25) is 0 Å². The minimum Gasteiger partial charge on any atom is -0.120 e. The van der Waals surface area contributed by atoms with Crippen LogP contribution in [0.3, 0.4) is 0 Å². The number of aromatic hydroxyl groups is 2. The minimum atomic E-state index is -0.540. The van der Waals surface area contributed by atoms with Crippen molar-refractivity contribution in [2.45, 2.75) is 12.1 Å². The molecule has 368 valence electrons. The molecular weight excluding hydrogens is 1040 g/mol. The van der Waals surface area contributed by atoms with E-state index < -0.39 is 12.1 Å². The van der Waals surface area contributed by atoms with Crippen LogP contribution in [0.25, 0.3) is 87.6 Å². The van der Waals surface area contributed by atoms with Crippen molar-refractivity contribution >= 4 is 65.2 Å². The van der Waals surface area contributed by atoms with Crippen molar-refractivity contribution in [3.63, 3.8) is 0 Å². The van der Waals surface area contributed by atoms with Crippen LogP contribution in [0.1, 0.15) is 34.3 Å². The first-order valence-electron chi connectivity index (χ1n) is 24.7. The van der Waals surface area contributed by atoms with Gasteiger partial charge in [0.25, 0.3) is 0 Å². The number of nitrogens with zero attached hydrogens (tertiary/aromatic N) is 3. The molecule has 0 aliphatic heterocycles. The summed E-state index contributed by atoms with van der Waals surface area (Å²) in [7, 11) is 4.57. The summed E-state index contributed by atoms with van der Waals surface area (Å²) in [6.45, 7) is 0. The average Bonchev–Trinajstić information content (AvgIpc) is 3.62. The summed E-state index contributed by atoms with van der Waals surface area (Å²) < 4.78 is 0. The molecule has 6 nitrogen and oxygen atoms in total. The number of hydrogen-bond acceptors (Lipinski definition) is 5. The molecular formula is C68H48ClN3O3Ru. The third kappa shape index (κ3) is 10.1. The summed E-state index contributed by atoms with van der Waals surface area (Å²) in [6, 6.07) is 86.1. The van der Waals surface area contributed by atoms with Crippen molar-refractivity contribution in [3.8, 4) is 56.0 Å². The molecule has 0 aliphatic carbocycles. The fourth-order valence-electron chi connectivity index (χ4n) is 10.5. The normalized spacial score (nSPS) is 12.1. The molecule has 12 aromatic carbocycles. The van der Waals surface area contributed by atoms with Crippen LogP contribution in [0.15, 0.2) is 265 Å². The Bertz CT molecular complexity index is 3780. The van der Waals surface area contributed by atoms with Crippen LogP contribution in [0.4, 0.5) is 0 Å². The predicted octanol–water partition coefficient (Wildman–Crippen LogP) is 17.6. The third-order valence-corrected chi connectivity index (χ3v) is 14.0. The number of halogens is 1. The number of hydrogen-bond donors (Lipinski definition) is 2. The first kappa shape index (κ1) is 50.7. The van der Waals surface area contributed by atoms with E-state index in [1.54, 1.807) is 0 Å². The van der Waals surface area contributed by atoms with Crippen molar-refractivity contribution in [1.82, 2.24) is 5.59 Å². The molecule has 0 spiro atoms. The first-order valence-corrected chi connectivity index (χ1v) is 27.0. The van der Waals surface area contributed by atoms with E-state index in [-0.39, 0.29) is 11.5 Å². The molecule has 12 rings (SSSR count). The van der Waals surface area contributed by atoms with Crippen LogP contribution in [-0.2, 0) is 17.3 Å². The van der Waals surface area contributed by atoms with Gasteiger partial charge in [-0.2, -0.15) is 0 Å². The van der Waals surface area contributed by atoms with E-state index in [0.29, 0.717) is 11.1 Å². The standard InChI is InChI=1S/C68H48N2O2.ClH.NO.Ru/c71-67-53(41-51-31-15-19-35-57(51)63(67)61-55-33-17-13-25-47(55)37-39-59(61)45-21-5-1-6-22-45)43-69-65(49-27-9-3-10-28-49)66(50-29-11-4-12-30-50)70-44-54-42-52-32-16-20-36-58(52)64(68(54)72)62-56-34-18-14-26-48(56)38-40-60(62)46-23-7-2-8-24-46;;1-2;/h1-44,65-66,71-72H;1H;;/q;;;+1/p-1/t65-,66-;;;/m1.../s1. The molecule has 0 heterocycles. The number of rotatable bonds is 11. The van der Waals surface area contributed by atoms with Gasteiger partial charge in [0.15, 0.2) is 0 Å². The molecule has 0 aromatic heterocycles. The Labute approximate surface area is 455 Å². The molecule has 0 fully saturated rings. The van der Waals surface area contributed by atoms with Gasteiger partial charge < -0.3 is 10.2 Å². The van der Waals surface area contributed by atoms with Gasteiger partial charge >= 0.3 is 27.0 Å². The van der Waals surface area contributed by atoms with Gasteiger partial charge in [0.1, 0.15) is 29.2 Å². The van der Waals surface area contributed by atoms with Crippen molar-refractivity contribution in [2.75, 3.05) is 0 Å². The second-order valence-electron chi connectivity index (χ2n) is 18.2. The summed E-state index contributed by atoms with van der Waals surface area (Å²) in [5.41, 5.74) is 16.4. The van der Waals surface area contributed by atoms with Crippen LogP contribution < -0.4 is 5.59 Å². The van der Waals surface area contributed by atoms with Crippen LogP contribution in [0, 0.1) is 4.91 Å². The summed E-state index contributed by atoms with van der Waals surface area (Å²) in [6.07, 6.45) is 3.64. The van der Waals surface area contributed by atoms with E-state index in [0.717, 1.165) is 98.7 Å². The average molecular weight is 1090 g/mol. The second kappa shape index (κ2) is 23.6. The SMILES string of the molecule is Oc1c(C=N[C@H](c2ccccc2)[C@H](N=Cc2cc3ccccc3c(-c3c(-c4ccccc4)ccc4ccccc34)c2O)c2ccccc2)cc2ccccc2c1-c1c(-c2ccccc2)ccc2ccccc12.[Cl][Ru].[N]=O. The monoisotopic (exact) mass is 1090 g/mol. The number of aliphatic imine (C=N–C) groups is 2. The Morgan fingerprint density at radius 3 is 1.00 bits per heavy atom. The minimum absolute atomic E-state index is 0.148. The number of nitroso groups, excluding NO2 is 1. The Kier molecular flexibility index (Phi) is 15.7. The van der Waals surface area contributed by atoms with E-state index in [1.807, 2.05) is 115 Å². The third-order valence-electron chi connectivity index (χ3n) is 14.0.